The summed E-state index contributed by atoms with van der Waals surface area (Å²) in [5, 5.41) is 16.3. The van der Waals surface area contributed by atoms with Gasteiger partial charge in [-0.2, -0.15) is 0 Å². The number of hydrogen-bond donors (Lipinski definition) is 1. The highest BCUT2D eigenvalue weighted by Gasteiger charge is 2.52. The molecule has 94 valence electrons. The van der Waals surface area contributed by atoms with Crippen LogP contribution >= 0.6 is 34.9 Å². The molecule has 2 atom stereocenters. The second-order valence-corrected chi connectivity index (χ2v) is 6.94. The number of β-lactam (4-membered cyclic amide) rings is 1. The largest absolute Gasteiger partial charge is 0.477 e. The monoisotopic (exact) mass is 301 g/mol. The predicted molar refractivity (Wildman–Crippen MR) is 68.4 cm³/mol. The first-order valence-corrected chi connectivity index (χ1v) is 7.80. The number of carboxylic acids is 1. The van der Waals surface area contributed by atoms with Gasteiger partial charge in [-0.1, -0.05) is 23.1 Å². The van der Waals surface area contributed by atoms with Crippen LogP contribution in [0.1, 0.15) is 0 Å². The highest BCUT2D eigenvalue weighted by atomic mass is 32.2. The van der Waals surface area contributed by atoms with E-state index in [-0.39, 0.29) is 22.2 Å². The van der Waals surface area contributed by atoms with Crippen LogP contribution in [0.5, 0.6) is 0 Å². The number of hydrogen-bond acceptors (Lipinski definition) is 7. The summed E-state index contributed by atoms with van der Waals surface area (Å²) in [6.45, 7) is 0. The van der Waals surface area contributed by atoms with E-state index in [1.807, 2.05) is 0 Å². The van der Waals surface area contributed by atoms with Crippen LogP contribution in [0.15, 0.2) is 21.6 Å². The van der Waals surface area contributed by atoms with Gasteiger partial charge in [0.05, 0.1) is 0 Å². The van der Waals surface area contributed by atoms with Crippen LogP contribution in [-0.4, -0.2) is 48.5 Å². The lowest BCUT2D eigenvalue weighted by atomic mass is 10.1. The Hall–Kier alpha value is -1.06. The highest BCUT2D eigenvalue weighted by molar-refractivity contribution is 8.05. The number of carbonyl (C=O) groups is 2. The van der Waals surface area contributed by atoms with E-state index < -0.39 is 5.97 Å². The third-order valence-electron chi connectivity index (χ3n) is 2.58. The highest BCUT2D eigenvalue weighted by Crippen LogP contribution is 2.45. The first kappa shape index (κ1) is 12.0. The second-order valence-electron chi connectivity index (χ2n) is 3.57. The van der Waals surface area contributed by atoms with Crippen LogP contribution in [0.25, 0.3) is 0 Å². The fourth-order valence-corrected chi connectivity index (χ4v) is 5.02. The van der Waals surface area contributed by atoms with Crippen molar-refractivity contribution in [2.24, 2.45) is 0 Å². The standard InChI is InChI=1S/C9H7N3O3S3/c13-6-5(18-9-11-10-3-17-9)7-12(6)4(8(14)15)1-2-16-7/h1,3,5,7H,2H2,(H,14,15)/t5?,7-/m0/s1. The Kier molecular flexibility index (Phi) is 3.04. The van der Waals surface area contributed by atoms with E-state index in [1.165, 1.54) is 28.0 Å². The fraction of sp³-hybridized carbons (Fsp3) is 0.333. The lowest BCUT2D eigenvalue weighted by molar-refractivity contribution is -0.145. The Bertz CT molecular complexity index is 530. The molecule has 3 heterocycles. The molecule has 1 fully saturated rings. The van der Waals surface area contributed by atoms with E-state index in [2.05, 4.69) is 10.2 Å². The number of nitrogens with zero attached hydrogens (tertiary/aromatic N) is 3. The quantitative estimate of drug-likeness (QED) is 0.830. The molecule has 1 N–H and O–H groups in total. The summed E-state index contributed by atoms with van der Waals surface area (Å²) in [4.78, 5) is 24.4. The van der Waals surface area contributed by atoms with Gasteiger partial charge in [-0.15, -0.1) is 22.0 Å². The topological polar surface area (TPSA) is 83.4 Å². The maximum atomic E-state index is 12.0. The lowest BCUT2D eigenvalue weighted by Crippen LogP contribution is -2.62. The zero-order valence-electron chi connectivity index (χ0n) is 8.85. The van der Waals surface area contributed by atoms with Crippen LogP contribution in [0.2, 0.25) is 0 Å². The van der Waals surface area contributed by atoms with Gasteiger partial charge in [0.15, 0.2) is 4.34 Å². The number of carbonyl (C=O) groups excluding carboxylic acids is 1. The van der Waals surface area contributed by atoms with Gasteiger partial charge in [-0.25, -0.2) is 4.79 Å². The number of thioether (sulfide) groups is 2. The minimum Gasteiger partial charge on any atom is -0.477 e. The first-order chi connectivity index (χ1) is 8.68. The summed E-state index contributed by atoms with van der Waals surface area (Å²) >= 11 is 4.30. The van der Waals surface area contributed by atoms with Gasteiger partial charge in [0.25, 0.3) is 0 Å². The number of fused-ring (bicyclic) bond motifs is 1. The molecular formula is C9H7N3O3S3. The molecule has 1 unspecified atom stereocenters. The van der Waals surface area contributed by atoms with Crippen LogP contribution in [0, 0.1) is 0 Å². The molecule has 0 aromatic carbocycles. The number of amides is 1. The average molecular weight is 301 g/mol. The Morgan fingerprint density at radius 3 is 3.11 bits per heavy atom. The summed E-state index contributed by atoms with van der Waals surface area (Å²) in [5.74, 6) is -0.599. The number of carboxylic acid groups (broad SMARTS) is 1. The Morgan fingerprint density at radius 1 is 1.61 bits per heavy atom. The van der Waals surface area contributed by atoms with E-state index in [0.29, 0.717) is 5.75 Å². The van der Waals surface area contributed by atoms with Crippen LogP contribution in [-0.2, 0) is 9.59 Å². The van der Waals surface area contributed by atoms with Gasteiger partial charge in [0.2, 0.25) is 5.91 Å². The second kappa shape index (κ2) is 4.56. The molecule has 18 heavy (non-hydrogen) atoms. The molecule has 9 heteroatoms. The van der Waals surface area contributed by atoms with E-state index in [9.17, 15) is 9.59 Å². The van der Waals surface area contributed by atoms with Crippen molar-refractivity contribution in [2.45, 2.75) is 15.0 Å². The third-order valence-corrected chi connectivity index (χ3v) is 6.00. The molecule has 1 aromatic heterocycles. The molecule has 0 bridgehead atoms. The number of aromatic nitrogens is 2. The Balaban J connectivity index is 1.77. The third kappa shape index (κ3) is 1.82. The lowest BCUT2D eigenvalue weighted by Gasteiger charge is -2.47. The molecule has 0 spiro atoms. The molecule has 2 aliphatic heterocycles. The summed E-state index contributed by atoms with van der Waals surface area (Å²) in [6, 6.07) is 0. The molecule has 0 aliphatic carbocycles. The maximum Gasteiger partial charge on any atom is 0.352 e. The van der Waals surface area contributed by atoms with E-state index >= 15 is 0 Å². The van der Waals surface area contributed by atoms with E-state index in [4.69, 9.17) is 5.11 Å². The van der Waals surface area contributed by atoms with E-state index in [0.717, 1.165) is 4.34 Å². The molecule has 1 saturated heterocycles. The summed E-state index contributed by atoms with van der Waals surface area (Å²) in [6.07, 6.45) is 1.58. The van der Waals surface area contributed by atoms with Crippen molar-refractivity contribution >= 4 is 46.7 Å². The van der Waals surface area contributed by atoms with Crippen molar-refractivity contribution in [1.82, 2.24) is 15.1 Å². The van der Waals surface area contributed by atoms with Crippen molar-refractivity contribution < 1.29 is 14.7 Å². The summed E-state index contributed by atoms with van der Waals surface area (Å²) in [7, 11) is 0. The maximum absolute atomic E-state index is 12.0. The van der Waals surface area contributed by atoms with E-state index in [1.54, 1.807) is 23.3 Å². The average Bonchev–Trinajstić information content (AvgIpc) is 2.87. The minimum atomic E-state index is -1.05. The van der Waals surface area contributed by atoms with Gasteiger partial charge in [0, 0.05) is 5.75 Å². The number of rotatable bonds is 3. The van der Waals surface area contributed by atoms with Gasteiger partial charge < -0.3 is 5.11 Å². The molecular weight excluding hydrogens is 294 g/mol. The normalized spacial score (nSPS) is 26.3. The zero-order chi connectivity index (χ0) is 12.7. The number of aliphatic carboxylic acids is 1. The molecule has 6 nitrogen and oxygen atoms in total. The molecule has 1 aromatic rings. The van der Waals surface area contributed by atoms with Crippen molar-refractivity contribution in [1.29, 1.82) is 0 Å². The van der Waals surface area contributed by atoms with Gasteiger partial charge in [-0.05, 0) is 6.08 Å². The minimum absolute atomic E-state index is 0.0952. The van der Waals surface area contributed by atoms with Crippen LogP contribution in [0.3, 0.4) is 0 Å². The smallest absolute Gasteiger partial charge is 0.352 e. The fourth-order valence-electron chi connectivity index (χ4n) is 1.80. The Morgan fingerprint density at radius 2 is 2.44 bits per heavy atom. The predicted octanol–water partition coefficient (Wildman–Crippen LogP) is 0.882. The zero-order valence-corrected chi connectivity index (χ0v) is 11.3. The molecule has 1 amide bonds. The molecule has 2 aliphatic rings. The van der Waals surface area contributed by atoms with Gasteiger partial charge in [-0.3, -0.25) is 9.69 Å². The van der Waals surface area contributed by atoms with Crippen LogP contribution in [0.4, 0.5) is 0 Å². The van der Waals surface area contributed by atoms with Crippen molar-refractivity contribution in [3.05, 3.63) is 17.3 Å². The molecule has 0 saturated carbocycles. The van der Waals surface area contributed by atoms with Crippen LogP contribution < -0.4 is 0 Å². The first-order valence-electron chi connectivity index (χ1n) is 4.99. The van der Waals surface area contributed by atoms with Crippen molar-refractivity contribution in [3.63, 3.8) is 0 Å². The van der Waals surface area contributed by atoms with Gasteiger partial charge in [0.1, 0.15) is 21.8 Å². The summed E-state index contributed by atoms with van der Waals surface area (Å²) < 4.78 is 0.736. The van der Waals surface area contributed by atoms with Crippen molar-refractivity contribution in [3.8, 4) is 0 Å². The molecule has 0 radical (unpaired) electrons. The Labute approximate surface area is 114 Å². The SMILES string of the molecule is O=C(O)C1=CCS[C@H]2C(Sc3nncs3)C(=O)N12. The molecule has 3 rings (SSSR count). The van der Waals surface area contributed by atoms with Crippen molar-refractivity contribution in [2.75, 3.05) is 5.75 Å². The van der Waals surface area contributed by atoms with Gasteiger partial charge >= 0.3 is 5.97 Å². The summed E-state index contributed by atoms with van der Waals surface area (Å²) in [5.41, 5.74) is 1.71.